The second-order valence-corrected chi connectivity index (χ2v) is 8.05. The molecule has 0 N–H and O–H groups in total. The third-order valence-corrected chi connectivity index (χ3v) is 6.19. The average Bonchev–Trinajstić information content (AvgIpc) is 3.28. The van der Waals surface area contributed by atoms with Crippen LogP contribution < -0.4 is 14.5 Å². The molecule has 5 rings (SSSR count). The standard InChI is InChI=1S/C28H26N2O2/c1-32-27-15-9-8-14-25(27)30-23(17-16-21-10-4-2-5-11-21)20-26-24(28(30)31)18-19-29(26)22-12-6-3-7-13-22/h2-17,23H,18-20H2,1H3/b17-16+. The molecule has 2 aliphatic rings. The molecule has 1 unspecified atom stereocenters. The number of amides is 1. The maximum atomic E-state index is 13.8. The van der Waals surface area contributed by atoms with Crippen LogP contribution >= 0.6 is 0 Å². The van der Waals surface area contributed by atoms with Crippen LogP contribution in [0.25, 0.3) is 6.08 Å². The predicted octanol–water partition coefficient (Wildman–Crippen LogP) is 5.68. The second kappa shape index (κ2) is 8.75. The van der Waals surface area contributed by atoms with E-state index >= 15 is 0 Å². The van der Waals surface area contributed by atoms with E-state index in [-0.39, 0.29) is 11.9 Å². The Hall–Kier alpha value is -3.79. The molecule has 0 saturated heterocycles. The molecular weight excluding hydrogens is 396 g/mol. The van der Waals surface area contributed by atoms with Crippen LogP contribution in [0, 0.1) is 0 Å². The van der Waals surface area contributed by atoms with Crippen molar-refractivity contribution in [1.29, 1.82) is 0 Å². The minimum absolute atomic E-state index is 0.0666. The Morgan fingerprint density at radius 2 is 1.59 bits per heavy atom. The highest BCUT2D eigenvalue weighted by Gasteiger charge is 2.40. The highest BCUT2D eigenvalue weighted by molar-refractivity contribution is 6.09. The van der Waals surface area contributed by atoms with Crippen molar-refractivity contribution in [2.45, 2.75) is 18.9 Å². The Morgan fingerprint density at radius 1 is 0.906 bits per heavy atom. The van der Waals surface area contributed by atoms with Gasteiger partial charge in [-0.05, 0) is 36.2 Å². The molecule has 1 amide bonds. The molecular formula is C28H26N2O2. The summed E-state index contributed by atoms with van der Waals surface area (Å²) in [7, 11) is 1.65. The molecule has 4 heteroatoms. The van der Waals surface area contributed by atoms with E-state index in [0.717, 1.165) is 47.6 Å². The third kappa shape index (κ3) is 3.69. The van der Waals surface area contributed by atoms with Crippen LogP contribution in [0.15, 0.2) is 102 Å². The molecule has 4 nitrogen and oxygen atoms in total. The van der Waals surface area contributed by atoms with Crippen molar-refractivity contribution in [3.8, 4) is 5.75 Å². The Balaban J connectivity index is 1.57. The van der Waals surface area contributed by atoms with E-state index in [1.165, 1.54) is 0 Å². The van der Waals surface area contributed by atoms with Crippen molar-refractivity contribution in [2.75, 3.05) is 23.5 Å². The fraction of sp³-hybridized carbons (Fsp3) is 0.179. The largest absolute Gasteiger partial charge is 0.495 e. The second-order valence-electron chi connectivity index (χ2n) is 8.05. The Kier molecular flexibility index (Phi) is 5.51. The van der Waals surface area contributed by atoms with E-state index in [9.17, 15) is 4.79 Å². The van der Waals surface area contributed by atoms with Crippen molar-refractivity contribution >= 4 is 23.4 Å². The molecule has 3 aromatic carbocycles. The molecule has 2 heterocycles. The average molecular weight is 423 g/mol. The first-order chi connectivity index (χ1) is 15.8. The van der Waals surface area contributed by atoms with E-state index in [1.807, 2.05) is 65.6 Å². The van der Waals surface area contributed by atoms with Gasteiger partial charge in [0.1, 0.15) is 5.75 Å². The summed E-state index contributed by atoms with van der Waals surface area (Å²) < 4.78 is 5.62. The third-order valence-electron chi connectivity index (χ3n) is 6.19. The maximum absolute atomic E-state index is 13.8. The predicted molar refractivity (Wildman–Crippen MR) is 130 cm³/mol. The number of nitrogens with zero attached hydrogens (tertiary/aromatic N) is 2. The number of hydrogen-bond donors (Lipinski definition) is 0. The molecule has 32 heavy (non-hydrogen) atoms. The number of carbonyl (C=O) groups excluding carboxylic acids is 1. The summed E-state index contributed by atoms with van der Waals surface area (Å²) in [6.45, 7) is 0.829. The quantitative estimate of drug-likeness (QED) is 0.530. The van der Waals surface area contributed by atoms with Gasteiger partial charge in [0, 0.05) is 29.9 Å². The van der Waals surface area contributed by atoms with Crippen molar-refractivity contribution in [3.63, 3.8) is 0 Å². The van der Waals surface area contributed by atoms with E-state index in [1.54, 1.807) is 7.11 Å². The lowest BCUT2D eigenvalue weighted by Crippen LogP contribution is -2.45. The Morgan fingerprint density at radius 3 is 2.34 bits per heavy atom. The van der Waals surface area contributed by atoms with Crippen LogP contribution in [0.4, 0.5) is 11.4 Å². The highest BCUT2D eigenvalue weighted by Crippen LogP contribution is 2.41. The zero-order chi connectivity index (χ0) is 21.9. The summed E-state index contributed by atoms with van der Waals surface area (Å²) in [4.78, 5) is 18.0. The topological polar surface area (TPSA) is 32.8 Å². The Bertz CT molecular complexity index is 1170. The van der Waals surface area contributed by atoms with Gasteiger partial charge in [0.2, 0.25) is 0 Å². The monoisotopic (exact) mass is 422 g/mol. The van der Waals surface area contributed by atoms with E-state index in [0.29, 0.717) is 5.75 Å². The lowest BCUT2D eigenvalue weighted by atomic mass is 9.96. The first-order valence-corrected chi connectivity index (χ1v) is 11.0. The summed E-state index contributed by atoms with van der Waals surface area (Å²) in [5, 5.41) is 0. The number of rotatable bonds is 5. The number of hydrogen-bond acceptors (Lipinski definition) is 3. The summed E-state index contributed by atoms with van der Waals surface area (Å²) >= 11 is 0. The van der Waals surface area contributed by atoms with Crippen LogP contribution in [0.5, 0.6) is 5.75 Å². The molecule has 0 spiro atoms. The molecule has 0 radical (unpaired) electrons. The lowest BCUT2D eigenvalue weighted by molar-refractivity contribution is -0.115. The van der Waals surface area contributed by atoms with Gasteiger partial charge in [-0.3, -0.25) is 9.69 Å². The van der Waals surface area contributed by atoms with Gasteiger partial charge in [-0.15, -0.1) is 0 Å². The first-order valence-electron chi connectivity index (χ1n) is 11.0. The molecule has 0 saturated carbocycles. The van der Waals surface area contributed by atoms with Crippen LogP contribution in [0.1, 0.15) is 18.4 Å². The van der Waals surface area contributed by atoms with Gasteiger partial charge < -0.3 is 9.64 Å². The van der Waals surface area contributed by atoms with Gasteiger partial charge in [-0.25, -0.2) is 0 Å². The van der Waals surface area contributed by atoms with Gasteiger partial charge in [0.15, 0.2) is 0 Å². The number of anilines is 2. The molecule has 2 aliphatic heterocycles. The number of benzene rings is 3. The van der Waals surface area contributed by atoms with E-state index in [4.69, 9.17) is 4.74 Å². The molecule has 160 valence electrons. The minimum Gasteiger partial charge on any atom is -0.495 e. The maximum Gasteiger partial charge on any atom is 0.256 e. The van der Waals surface area contributed by atoms with Crippen LogP contribution in [-0.2, 0) is 4.79 Å². The number of ether oxygens (including phenoxy) is 1. The SMILES string of the molecule is COc1ccccc1N1C(=O)C2=C(CC1/C=C/c1ccccc1)N(c1ccccc1)CC2. The summed E-state index contributed by atoms with van der Waals surface area (Å²) in [6, 6.07) is 28.2. The van der Waals surface area contributed by atoms with Gasteiger partial charge in [-0.1, -0.05) is 72.8 Å². The number of methoxy groups -OCH3 is 1. The smallest absolute Gasteiger partial charge is 0.256 e. The van der Waals surface area contributed by atoms with Crippen molar-refractivity contribution in [2.24, 2.45) is 0 Å². The van der Waals surface area contributed by atoms with Crippen LogP contribution in [0.3, 0.4) is 0 Å². The van der Waals surface area contributed by atoms with E-state index in [2.05, 4.69) is 41.3 Å². The molecule has 1 atom stereocenters. The summed E-state index contributed by atoms with van der Waals surface area (Å²) in [6.07, 6.45) is 5.76. The lowest BCUT2D eigenvalue weighted by Gasteiger charge is -2.37. The van der Waals surface area contributed by atoms with Crippen molar-refractivity contribution in [1.82, 2.24) is 0 Å². The molecule has 0 aromatic heterocycles. The van der Waals surface area contributed by atoms with Crippen LogP contribution in [-0.4, -0.2) is 25.6 Å². The molecule has 0 aliphatic carbocycles. The van der Waals surface area contributed by atoms with Crippen LogP contribution in [0.2, 0.25) is 0 Å². The van der Waals surface area contributed by atoms with E-state index < -0.39 is 0 Å². The fourth-order valence-corrected chi connectivity index (χ4v) is 4.67. The number of carbonyl (C=O) groups is 1. The van der Waals surface area contributed by atoms with Gasteiger partial charge in [0.05, 0.1) is 18.8 Å². The summed E-state index contributed by atoms with van der Waals surface area (Å²) in [5.74, 6) is 0.776. The van der Waals surface area contributed by atoms with Crippen molar-refractivity contribution < 1.29 is 9.53 Å². The normalized spacial score (nSPS) is 18.4. The minimum atomic E-state index is -0.109. The van der Waals surface area contributed by atoms with Gasteiger partial charge >= 0.3 is 0 Å². The highest BCUT2D eigenvalue weighted by atomic mass is 16.5. The van der Waals surface area contributed by atoms with Gasteiger partial charge in [0.25, 0.3) is 5.91 Å². The zero-order valence-corrected chi connectivity index (χ0v) is 18.1. The molecule has 0 bridgehead atoms. The number of para-hydroxylation sites is 3. The zero-order valence-electron chi connectivity index (χ0n) is 18.1. The van der Waals surface area contributed by atoms with Gasteiger partial charge in [-0.2, -0.15) is 0 Å². The van der Waals surface area contributed by atoms with Crippen molar-refractivity contribution in [3.05, 3.63) is 108 Å². The molecule has 3 aromatic rings. The summed E-state index contributed by atoms with van der Waals surface area (Å²) in [5.41, 5.74) is 5.11. The first kappa shape index (κ1) is 20.1. The molecule has 0 fully saturated rings. The fourth-order valence-electron chi connectivity index (χ4n) is 4.67. The Labute approximate surface area is 189 Å².